The molecule has 1 aromatic heterocycles. The van der Waals surface area contributed by atoms with Crippen LogP contribution < -0.4 is 10.5 Å². The highest BCUT2D eigenvalue weighted by Crippen LogP contribution is 2.45. The van der Waals surface area contributed by atoms with Gasteiger partial charge in [0.2, 0.25) is 11.9 Å². The number of nitrogens with zero attached hydrogens (tertiary/aromatic N) is 5. The van der Waals surface area contributed by atoms with Gasteiger partial charge in [-0.3, -0.25) is 9.69 Å². The fourth-order valence-electron chi connectivity index (χ4n) is 3.30. The molecule has 150 valence electrons. The van der Waals surface area contributed by atoms with Crippen molar-refractivity contribution in [2.45, 2.75) is 12.3 Å². The number of ether oxygens (including phenoxy) is 1. The third kappa shape index (κ3) is 3.53. The van der Waals surface area contributed by atoms with Crippen molar-refractivity contribution in [3.63, 3.8) is 0 Å². The number of carbonyl (C=O) groups excluding carboxylic acids is 1. The van der Waals surface area contributed by atoms with Gasteiger partial charge >= 0.3 is 6.01 Å². The minimum atomic E-state index is -0.658. The number of carbonyl (C=O) groups is 1. The number of aromatic nitrogens is 2. The molecular formula is C21H18N6O2S. The quantitative estimate of drug-likeness (QED) is 0.814. The van der Waals surface area contributed by atoms with E-state index < -0.39 is 5.92 Å². The minimum Gasteiger partial charge on any atom is -0.467 e. The predicted octanol–water partition coefficient (Wildman–Crippen LogP) is 2.62. The Labute approximate surface area is 177 Å². The highest BCUT2D eigenvalue weighted by Gasteiger charge is 2.36. The number of amides is 1. The summed E-state index contributed by atoms with van der Waals surface area (Å²) in [7, 11) is 3.08. The van der Waals surface area contributed by atoms with E-state index in [9.17, 15) is 4.79 Å². The Balaban J connectivity index is 1.73. The molecule has 2 aromatic rings. The van der Waals surface area contributed by atoms with Crippen molar-refractivity contribution in [3.05, 3.63) is 69.4 Å². The van der Waals surface area contributed by atoms with Crippen LogP contribution in [0.15, 0.2) is 57.7 Å². The van der Waals surface area contributed by atoms with Gasteiger partial charge in [0.1, 0.15) is 5.92 Å². The Bertz CT molecular complexity index is 1150. The summed E-state index contributed by atoms with van der Waals surface area (Å²) in [5.74, 6) is -0.707. The molecule has 30 heavy (non-hydrogen) atoms. The molecule has 0 saturated heterocycles. The van der Waals surface area contributed by atoms with Gasteiger partial charge in [-0.15, -0.1) is 0 Å². The molecule has 3 heterocycles. The van der Waals surface area contributed by atoms with E-state index in [1.165, 1.54) is 23.8 Å². The summed E-state index contributed by atoms with van der Waals surface area (Å²) in [5, 5.41) is 11.2. The van der Waals surface area contributed by atoms with Crippen molar-refractivity contribution < 1.29 is 9.53 Å². The first-order valence-electron chi connectivity index (χ1n) is 9.08. The Morgan fingerprint density at radius 1 is 1.33 bits per heavy atom. The van der Waals surface area contributed by atoms with Crippen LogP contribution in [-0.4, -0.2) is 40.9 Å². The Morgan fingerprint density at radius 2 is 2.10 bits per heavy atom. The fraction of sp³-hybridized carbons (Fsp3) is 0.190. The number of nitriles is 1. The Hall–Kier alpha value is -3.64. The number of allylic oxidation sites excluding steroid dienone is 2. The molecule has 2 N–H and O–H groups in total. The highest BCUT2D eigenvalue weighted by molar-refractivity contribution is 8.06. The van der Waals surface area contributed by atoms with Crippen LogP contribution in [0.4, 0.5) is 0 Å². The number of hydrogen-bond donors (Lipinski definition) is 1. The summed E-state index contributed by atoms with van der Waals surface area (Å²) < 4.78 is 5.02. The Kier molecular flexibility index (Phi) is 5.25. The number of rotatable bonds is 3. The molecule has 4 rings (SSSR count). The van der Waals surface area contributed by atoms with Crippen LogP contribution in [0.2, 0.25) is 0 Å². The zero-order valence-corrected chi connectivity index (χ0v) is 17.2. The molecule has 1 amide bonds. The van der Waals surface area contributed by atoms with E-state index in [1.54, 1.807) is 25.5 Å². The van der Waals surface area contributed by atoms with E-state index in [-0.39, 0.29) is 17.9 Å². The van der Waals surface area contributed by atoms with Crippen LogP contribution in [0.3, 0.4) is 0 Å². The van der Waals surface area contributed by atoms with Crippen molar-refractivity contribution in [1.82, 2.24) is 14.9 Å². The molecule has 0 saturated carbocycles. The molecule has 1 atom stereocenters. The number of guanidine groups is 1. The summed E-state index contributed by atoms with van der Waals surface area (Å²) in [6, 6.07) is 9.83. The summed E-state index contributed by atoms with van der Waals surface area (Å²) in [6.07, 6.45) is 3.74. The maximum Gasteiger partial charge on any atom is 0.316 e. The van der Waals surface area contributed by atoms with Gasteiger partial charge in [-0.1, -0.05) is 23.9 Å². The number of likely N-dealkylation sites (N-methyl/N-ethyl adjacent to an activating group) is 1. The number of nitrogens with two attached hydrogens (primary N) is 1. The van der Waals surface area contributed by atoms with E-state index in [1.807, 2.05) is 23.6 Å². The SMILES string of the molecule is COc1ncc(C2C(=O)N(C)C(N)=N/C2=C2\CC(c3cccc(C#N)c3)=CS2)cn1. The lowest BCUT2D eigenvalue weighted by Gasteiger charge is -2.29. The first-order valence-corrected chi connectivity index (χ1v) is 9.96. The molecule has 8 nitrogen and oxygen atoms in total. The second-order valence-corrected chi connectivity index (χ2v) is 7.71. The zero-order valence-electron chi connectivity index (χ0n) is 16.4. The van der Waals surface area contributed by atoms with Crippen LogP contribution in [0.5, 0.6) is 6.01 Å². The van der Waals surface area contributed by atoms with E-state index in [0.29, 0.717) is 23.2 Å². The van der Waals surface area contributed by atoms with E-state index in [0.717, 1.165) is 16.0 Å². The van der Waals surface area contributed by atoms with Gasteiger partial charge in [-0.05, 0) is 28.7 Å². The normalized spacial score (nSPS) is 21.2. The standard InChI is InChI=1S/C21H18N6O2S/c1-27-19(28)17(15-9-24-21(29-2)25-10-15)18(26-20(27)23)16-7-14(11-30-16)13-5-3-4-12(6-13)8-22/h3-6,9-11,17H,7H2,1-2H3,(H2,23,26)/b18-16+. The number of benzene rings is 1. The number of thioether (sulfide) groups is 1. The second kappa shape index (κ2) is 8.00. The summed E-state index contributed by atoms with van der Waals surface area (Å²) in [6.45, 7) is 0. The molecule has 0 fully saturated rings. The maximum absolute atomic E-state index is 13.1. The third-order valence-corrected chi connectivity index (χ3v) is 5.98. The van der Waals surface area contributed by atoms with Gasteiger partial charge in [0.15, 0.2) is 0 Å². The van der Waals surface area contributed by atoms with E-state index in [4.69, 9.17) is 15.7 Å². The lowest BCUT2D eigenvalue weighted by atomic mass is 9.93. The maximum atomic E-state index is 13.1. The highest BCUT2D eigenvalue weighted by atomic mass is 32.2. The van der Waals surface area contributed by atoms with Gasteiger partial charge in [0, 0.05) is 36.3 Å². The molecular weight excluding hydrogens is 400 g/mol. The molecule has 1 aromatic carbocycles. The summed E-state index contributed by atoms with van der Waals surface area (Å²) in [5.41, 5.74) is 9.85. The molecule has 2 aliphatic heterocycles. The van der Waals surface area contributed by atoms with Gasteiger partial charge in [0.05, 0.1) is 24.4 Å². The molecule has 1 unspecified atom stereocenters. The average Bonchev–Trinajstić information content (AvgIpc) is 3.28. The lowest BCUT2D eigenvalue weighted by Crippen LogP contribution is -2.45. The predicted molar refractivity (Wildman–Crippen MR) is 114 cm³/mol. The van der Waals surface area contributed by atoms with E-state index in [2.05, 4.69) is 21.0 Å². The van der Waals surface area contributed by atoms with Crippen LogP contribution in [0, 0.1) is 11.3 Å². The van der Waals surface area contributed by atoms with Gasteiger partial charge in [-0.25, -0.2) is 15.0 Å². The molecule has 2 aliphatic rings. The van der Waals surface area contributed by atoms with Gasteiger partial charge in [0.25, 0.3) is 0 Å². The number of hydrogen-bond acceptors (Lipinski definition) is 8. The number of aliphatic imine (C=N–C) groups is 1. The van der Waals surface area contributed by atoms with Crippen molar-refractivity contribution in [2.24, 2.45) is 10.7 Å². The van der Waals surface area contributed by atoms with Crippen LogP contribution in [0.1, 0.15) is 29.0 Å². The van der Waals surface area contributed by atoms with Crippen LogP contribution in [0.25, 0.3) is 5.57 Å². The molecule has 0 aliphatic carbocycles. The second-order valence-electron chi connectivity index (χ2n) is 6.74. The van der Waals surface area contributed by atoms with Gasteiger partial charge in [-0.2, -0.15) is 5.26 Å². The van der Waals surface area contributed by atoms with Gasteiger partial charge < -0.3 is 10.5 Å². The Morgan fingerprint density at radius 3 is 2.80 bits per heavy atom. The zero-order chi connectivity index (χ0) is 21.3. The smallest absolute Gasteiger partial charge is 0.316 e. The fourth-order valence-corrected chi connectivity index (χ4v) is 4.33. The molecule has 0 radical (unpaired) electrons. The van der Waals surface area contributed by atoms with Crippen molar-refractivity contribution in [3.8, 4) is 12.1 Å². The molecule has 0 spiro atoms. The molecule has 0 bridgehead atoms. The largest absolute Gasteiger partial charge is 0.467 e. The third-order valence-electron chi connectivity index (χ3n) is 4.94. The monoisotopic (exact) mass is 418 g/mol. The number of methoxy groups -OCH3 is 1. The first kappa shape index (κ1) is 19.7. The van der Waals surface area contributed by atoms with E-state index >= 15 is 0 Å². The van der Waals surface area contributed by atoms with Crippen molar-refractivity contribution in [2.75, 3.05) is 14.2 Å². The minimum absolute atomic E-state index is 0.147. The first-order chi connectivity index (χ1) is 14.5. The lowest BCUT2D eigenvalue weighted by molar-refractivity contribution is -0.127. The topological polar surface area (TPSA) is 117 Å². The summed E-state index contributed by atoms with van der Waals surface area (Å²) >= 11 is 1.51. The van der Waals surface area contributed by atoms with Crippen molar-refractivity contribution >= 4 is 29.2 Å². The van der Waals surface area contributed by atoms with Crippen LogP contribution >= 0.6 is 11.8 Å². The average molecular weight is 418 g/mol. The van der Waals surface area contributed by atoms with Crippen LogP contribution in [-0.2, 0) is 4.79 Å². The van der Waals surface area contributed by atoms with Crippen molar-refractivity contribution in [1.29, 1.82) is 5.26 Å². The summed E-state index contributed by atoms with van der Waals surface area (Å²) in [4.78, 5) is 28.2. The molecule has 9 heteroatoms.